The van der Waals surface area contributed by atoms with Gasteiger partial charge in [-0.25, -0.2) is 0 Å². The van der Waals surface area contributed by atoms with Crippen LogP contribution in [0.2, 0.25) is 0 Å². The van der Waals surface area contributed by atoms with E-state index in [4.69, 9.17) is 9.84 Å². The third kappa shape index (κ3) is 4.26. The minimum atomic E-state index is -0.720. The van der Waals surface area contributed by atoms with Gasteiger partial charge in [0.2, 0.25) is 0 Å². The molecule has 98 valence electrons. The number of nitrogens with zero attached hydrogens (tertiary/aromatic N) is 2. The van der Waals surface area contributed by atoms with Gasteiger partial charge in [0.25, 0.3) is 0 Å². The van der Waals surface area contributed by atoms with E-state index in [1.165, 1.54) is 12.8 Å². The second-order valence-electron chi connectivity index (χ2n) is 5.03. The van der Waals surface area contributed by atoms with E-state index < -0.39 is 5.97 Å². The second-order valence-corrected chi connectivity index (χ2v) is 5.03. The quantitative estimate of drug-likeness (QED) is 0.758. The Kier molecular flexibility index (Phi) is 4.76. The average molecular weight is 242 g/mol. The number of hydrogen-bond acceptors (Lipinski definition) is 4. The fraction of sp³-hybridized carbons (Fsp3) is 0.917. The molecular formula is C12H22N2O3. The number of aliphatic carboxylic acids is 1. The van der Waals surface area contributed by atoms with Crippen LogP contribution >= 0.6 is 0 Å². The number of hydrogen-bond donors (Lipinski definition) is 1. The summed E-state index contributed by atoms with van der Waals surface area (Å²) < 4.78 is 5.36. The molecule has 0 saturated carbocycles. The van der Waals surface area contributed by atoms with Gasteiger partial charge in [0, 0.05) is 45.9 Å². The van der Waals surface area contributed by atoms with Crippen LogP contribution in [0.4, 0.5) is 0 Å². The van der Waals surface area contributed by atoms with E-state index in [2.05, 4.69) is 4.90 Å². The lowest BCUT2D eigenvalue weighted by molar-refractivity contribution is -0.138. The summed E-state index contributed by atoms with van der Waals surface area (Å²) in [4.78, 5) is 15.1. The second kappa shape index (κ2) is 6.33. The monoisotopic (exact) mass is 242 g/mol. The number of carbonyl (C=O) groups is 1. The van der Waals surface area contributed by atoms with Gasteiger partial charge in [-0.2, -0.15) is 0 Å². The molecule has 0 radical (unpaired) electrons. The molecule has 2 rings (SSSR count). The largest absolute Gasteiger partial charge is 0.480 e. The highest BCUT2D eigenvalue weighted by atomic mass is 16.5. The normalized spacial score (nSPS) is 24.9. The lowest BCUT2D eigenvalue weighted by Gasteiger charge is -2.36. The Morgan fingerprint density at radius 3 is 2.29 bits per heavy atom. The Morgan fingerprint density at radius 1 is 1.12 bits per heavy atom. The van der Waals surface area contributed by atoms with E-state index in [0.717, 1.165) is 51.9 Å². The average Bonchev–Trinajstić information content (AvgIpc) is 2.32. The summed E-state index contributed by atoms with van der Waals surface area (Å²) in [6.07, 6.45) is 2.35. The lowest BCUT2D eigenvalue weighted by atomic mass is 9.99. The van der Waals surface area contributed by atoms with Gasteiger partial charge in [-0.1, -0.05) is 0 Å². The fourth-order valence-electron chi connectivity index (χ4n) is 2.62. The molecule has 0 spiro atoms. The molecule has 2 fully saturated rings. The molecule has 2 aliphatic heterocycles. The molecule has 0 atom stereocenters. The lowest BCUT2D eigenvalue weighted by Crippen LogP contribution is -2.49. The summed E-state index contributed by atoms with van der Waals surface area (Å²) in [6, 6.07) is 0. The summed E-state index contributed by atoms with van der Waals surface area (Å²) in [6.45, 7) is 6.93. The highest BCUT2D eigenvalue weighted by molar-refractivity contribution is 5.69. The Bertz CT molecular complexity index is 246. The van der Waals surface area contributed by atoms with Crippen LogP contribution in [0.3, 0.4) is 0 Å². The molecular weight excluding hydrogens is 220 g/mol. The summed E-state index contributed by atoms with van der Waals surface area (Å²) in [5.41, 5.74) is 0. The molecule has 17 heavy (non-hydrogen) atoms. The van der Waals surface area contributed by atoms with Crippen LogP contribution in [0.1, 0.15) is 12.8 Å². The maximum absolute atomic E-state index is 10.6. The van der Waals surface area contributed by atoms with Crippen LogP contribution < -0.4 is 0 Å². The number of rotatable bonds is 4. The maximum atomic E-state index is 10.6. The van der Waals surface area contributed by atoms with Gasteiger partial charge in [-0.05, 0) is 18.8 Å². The van der Waals surface area contributed by atoms with Crippen LogP contribution in [0.5, 0.6) is 0 Å². The van der Waals surface area contributed by atoms with Crippen molar-refractivity contribution in [1.82, 2.24) is 9.80 Å². The minimum absolute atomic E-state index is 0.186. The first kappa shape index (κ1) is 12.8. The molecule has 0 aromatic carbocycles. The maximum Gasteiger partial charge on any atom is 0.317 e. The molecule has 0 amide bonds. The first-order valence-corrected chi connectivity index (χ1v) is 6.48. The Balaban J connectivity index is 1.66. The van der Waals surface area contributed by atoms with Gasteiger partial charge in [0.05, 0.1) is 6.54 Å². The van der Waals surface area contributed by atoms with Gasteiger partial charge in [0.15, 0.2) is 0 Å². The molecule has 2 aliphatic rings. The Labute approximate surface area is 102 Å². The number of piperazine rings is 1. The minimum Gasteiger partial charge on any atom is -0.480 e. The molecule has 5 heteroatoms. The van der Waals surface area contributed by atoms with E-state index >= 15 is 0 Å². The van der Waals surface area contributed by atoms with Crippen LogP contribution in [-0.2, 0) is 9.53 Å². The summed E-state index contributed by atoms with van der Waals surface area (Å²) in [5, 5.41) is 8.72. The van der Waals surface area contributed by atoms with Crippen LogP contribution in [0.15, 0.2) is 0 Å². The van der Waals surface area contributed by atoms with E-state index in [1.807, 2.05) is 4.90 Å². The van der Waals surface area contributed by atoms with Crippen molar-refractivity contribution in [2.45, 2.75) is 12.8 Å². The number of carboxylic acids is 1. The first-order valence-electron chi connectivity index (χ1n) is 6.48. The van der Waals surface area contributed by atoms with E-state index in [-0.39, 0.29) is 6.54 Å². The summed E-state index contributed by atoms with van der Waals surface area (Å²) in [5.74, 6) is 0.0534. The standard InChI is InChI=1S/C12H22N2O3/c15-12(16)10-14-5-3-13(4-6-14)9-11-1-7-17-8-2-11/h11H,1-10H2,(H,15,16). The predicted molar refractivity (Wildman–Crippen MR) is 64.1 cm³/mol. The summed E-state index contributed by atoms with van der Waals surface area (Å²) in [7, 11) is 0. The van der Waals surface area contributed by atoms with Crippen LogP contribution in [0, 0.1) is 5.92 Å². The van der Waals surface area contributed by atoms with Gasteiger partial charge in [0.1, 0.15) is 0 Å². The van der Waals surface area contributed by atoms with Gasteiger partial charge in [-0.15, -0.1) is 0 Å². The van der Waals surface area contributed by atoms with Gasteiger partial charge < -0.3 is 14.7 Å². The SMILES string of the molecule is O=C(O)CN1CCN(CC2CCOCC2)CC1. The first-order chi connectivity index (χ1) is 8.24. The van der Waals surface area contributed by atoms with Crippen LogP contribution in [-0.4, -0.2) is 73.4 Å². The zero-order valence-corrected chi connectivity index (χ0v) is 10.3. The van der Waals surface area contributed by atoms with E-state index in [9.17, 15) is 4.79 Å². The van der Waals surface area contributed by atoms with Crippen molar-refractivity contribution in [2.24, 2.45) is 5.92 Å². The van der Waals surface area contributed by atoms with Gasteiger partial charge >= 0.3 is 5.97 Å². The van der Waals surface area contributed by atoms with Gasteiger partial charge in [-0.3, -0.25) is 9.69 Å². The third-order valence-electron chi connectivity index (χ3n) is 3.68. The Morgan fingerprint density at radius 2 is 1.71 bits per heavy atom. The van der Waals surface area contributed by atoms with Crippen molar-refractivity contribution in [3.63, 3.8) is 0 Å². The zero-order valence-electron chi connectivity index (χ0n) is 10.3. The van der Waals surface area contributed by atoms with E-state index in [0.29, 0.717) is 0 Å². The molecule has 2 saturated heterocycles. The molecule has 2 heterocycles. The number of carboxylic acid groups (broad SMARTS) is 1. The van der Waals surface area contributed by atoms with Crippen LogP contribution in [0.25, 0.3) is 0 Å². The molecule has 1 N–H and O–H groups in total. The van der Waals surface area contributed by atoms with Crippen molar-refractivity contribution in [3.05, 3.63) is 0 Å². The number of ether oxygens (including phenoxy) is 1. The van der Waals surface area contributed by atoms with E-state index in [1.54, 1.807) is 0 Å². The molecule has 0 bridgehead atoms. The zero-order chi connectivity index (χ0) is 12.1. The summed E-state index contributed by atoms with van der Waals surface area (Å²) >= 11 is 0. The van der Waals surface area contributed by atoms with Crippen molar-refractivity contribution in [1.29, 1.82) is 0 Å². The highest BCUT2D eigenvalue weighted by Gasteiger charge is 2.22. The molecule has 0 aromatic heterocycles. The smallest absolute Gasteiger partial charge is 0.317 e. The Hall–Kier alpha value is -0.650. The van der Waals surface area contributed by atoms with Crippen molar-refractivity contribution in [2.75, 3.05) is 52.5 Å². The topological polar surface area (TPSA) is 53.0 Å². The molecule has 0 unspecified atom stereocenters. The predicted octanol–water partition coefficient (Wildman–Crippen LogP) is 0.115. The van der Waals surface area contributed by atoms with Crippen molar-refractivity contribution in [3.8, 4) is 0 Å². The molecule has 5 nitrogen and oxygen atoms in total. The van der Waals surface area contributed by atoms with Crippen molar-refractivity contribution >= 4 is 5.97 Å². The van der Waals surface area contributed by atoms with Crippen molar-refractivity contribution < 1.29 is 14.6 Å². The molecule has 0 aliphatic carbocycles. The highest BCUT2D eigenvalue weighted by Crippen LogP contribution is 2.16. The molecule has 0 aromatic rings. The fourth-order valence-corrected chi connectivity index (χ4v) is 2.62. The third-order valence-corrected chi connectivity index (χ3v) is 3.68.